The van der Waals surface area contributed by atoms with Gasteiger partial charge in [0.1, 0.15) is 0 Å². The Morgan fingerprint density at radius 2 is 2.05 bits per heavy atom. The van der Waals surface area contributed by atoms with E-state index in [1.54, 1.807) is 0 Å². The summed E-state index contributed by atoms with van der Waals surface area (Å²) in [6.45, 7) is 3.64. The molecule has 0 heterocycles. The highest BCUT2D eigenvalue weighted by atomic mass is 16.1. The predicted molar refractivity (Wildman–Crippen MR) is 82.4 cm³/mol. The molecule has 3 heteroatoms. The number of hydrogen-bond donors (Lipinski definition) is 2. The fraction of sp³-hybridized carbons (Fsp3) is 0.588. The molecular weight excluding hydrogens is 248 g/mol. The number of carbonyl (C=O) groups excluding carboxylic acids is 1. The third-order valence-electron chi connectivity index (χ3n) is 4.33. The van der Waals surface area contributed by atoms with Crippen molar-refractivity contribution >= 4 is 5.91 Å². The van der Waals surface area contributed by atoms with E-state index >= 15 is 0 Å². The third-order valence-corrected chi connectivity index (χ3v) is 4.33. The Kier molecular flexibility index (Phi) is 5.60. The molecule has 0 aliphatic heterocycles. The first-order valence-corrected chi connectivity index (χ1v) is 7.76. The fourth-order valence-corrected chi connectivity index (χ4v) is 3.11. The molecule has 1 aromatic carbocycles. The Labute approximate surface area is 121 Å². The summed E-state index contributed by atoms with van der Waals surface area (Å²) in [5.41, 5.74) is 7.32. The summed E-state index contributed by atoms with van der Waals surface area (Å²) in [6.07, 6.45) is 6.47. The minimum atomic E-state index is 0.0254. The molecule has 1 fully saturated rings. The zero-order valence-electron chi connectivity index (χ0n) is 12.4. The summed E-state index contributed by atoms with van der Waals surface area (Å²) in [4.78, 5) is 12.0. The van der Waals surface area contributed by atoms with Gasteiger partial charge in [0, 0.05) is 18.7 Å². The van der Waals surface area contributed by atoms with Crippen LogP contribution in [0.3, 0.4) is 0 Å². The van der Waals surface area contributed by atoms with Crippen LogP contribution in [0.2, 0.25) is 0 Å². The van der Waals surface area contributed by atoms with Gasteiger partial charge < -0.3 is 11.1 Å². The van der Waals surface area contributed by atoms with Gasteiger partial charge in [-0.2, -0.15) is 0 Å². The molecule has 1 aromatic rings. The molecule has 0 spiro atoms. The van der Waals surface area contributed by atoms with E-state index in [1.807, 2.05) is 24.3 Å². The first-order valence-electron chi connectivity index (χ1n) is 7.76. The molecule has 2 unspecified atom stereocenters. The number of nitrogens with one attached hydrogen (secondary N) is 1. The van der Waals surface area contributed by atoms with Crippen molar-refractivity contribution in [3.8, 4) is 0 Å². The molecule has 20 heavy (non-hydrogen) atoms. The van der Waals surface area contributed by atoms with E-state index in [4.69, 9.17) is 5.73 Å². The number of benzene rings is 1. The van der Waals surface area contributed by atoms with Gasteiger partial charge in [0.15, 0.2) is 0 Å². The van der Waals surface area contributed by atoms with Crippen LogP contribution in [0.25, 0.3) is 0 Å². The lowest BCUT2D eigenvalue weighted by atomic mass is 9.81. The summed E-state index contributed by atoms with van der Waals surface area (Å²) in [7, 11) is 0. The Balaban J connectivity index is 1.74. The van der Waals surface area contributed by atoms with Crippen molar-refractivity contribution in [3.05, 3.63) is 35.4 Å². The molecule has 1 aliphatic rings. The van der Waals surface area contributed by atoms with Crippen molar-refractivity contribution in [2.75, 3.05) is 6.54 Å². The Morgan fingerprint density at radius 3 is 2.70 bits per heavy atom. The van der Waals surface area contributed by atoms with E-state index in [0.717, 1.165) is 35.9 Å². The number of nitrogens with two attached hydrogens (primary N) is 1. The van der Waals surface area contributed by atoms with Crippen LogP contribution < -0.4 is 11.1 Å². The maximum Gasteiger partial charge on any atom is 0.251 e. The lowest BCUT2D eigenvalue weighted by Crippen LogP contribution is -2.27. The minimum absolute atomic E-state index is 0.0254. The maximum absolute atomic E-state index is 12.0. The van der Waals surface area contributed by atoms with E-state index in [2.05, 4.69) is 12.2 Å². The summed E-state index contributed by atoms with van der Waals surface area (Å²) in [6, 6.07) is 7.52. The summed E-state index contributed by atoms with van der Waals surface area (Å²) in [5.74, 6) is 1.67. The molecule has 0 saturated heterocycles. The van der Waals surface area contributed by atoms with Gasteiger partial charge in [0.25, 0.3) is 5.91 Å². The van der Waals surface area contributed by atoms with Crippen molar-refractivity contribution in [2.45, 2.75) is 45.6 Å². The SMILES string of the molecule is CC1CCCC(CCNC(=O)c2ccc(CN)cc2)C1. The molecule has 3 N–H and O–H groups in total. The first-order chi connectivity index (χ1) is 9.69. The zero-order valence-corrected chi connectivity index (χ0v) is 12.4. The molecule has 110 valence electrons. The highest BCUT2D eigenvalue weighted by Crippen LogP contribution is 2.30. The minimum Gasteiger partial charge on any atom is -0.352 e. The quantitative estimate of drug-likeness (QED) is 0.867. The van der Waals surface area contributed by atoms with Gasteiger partial charge in [0.05, 0.1) is 0 Å². The van der Waals surface area contributed by atoms with Gasteiger partial charge >= 0.3 is 0 Å². The first kappa shape index (κ1) is 15.0. The van der Waals surface area contributed by atoms with Crippen LogP contribution in [0.1, 0.15) is 54.9 Å². The molecule has 0 aromatic heterocycles. The molecule has 3 nitrogen and oxygen atoms in total. The smallest absolute Gasteiger partial charge is 0.251 e. The second kappa shape index (κ2) is 7.44. The van der Waals surface area contributed by atoms with Gasteiger partial charge in [-0.15, -0.1) is 0 Å². The highest BCUT2D eigenvalue weighted by Gasteiger charge is 2.18. The van der Waals surface area contributed by atoms with Crippen LogP contribution in [-0.4, -0.2) is 12.5 Å². The van der Waals surface area contributed by atoms with Crippen molar-refractivity contribution in [1.29, 1.82) is 0 Å². The number of rotatable bonds is 5. The van der Waals surface area contributed by atoms with Gasteiger partial charge in [0.2, 0.25) is 0 Å². The summed E-state index contributed by atoms with van der Waals surface area (Å²) >= 11 is 0. The van der Waals surface area contributed by atoms with Gasteiger partial charge in [-0.3, -0.25) is 4.79 Å². The van der Waals surface area contributed by atoms with Crippen molar-refractivity contribution < 1.29 is 4.79 Å². The lowest BCUT2D eigenvalue weighted by Gasteiger charge is -2.26. The predicted octanol–water partition coefficient (Wildman–Crippen LogP) is 3.09. The summed E-state index contributed by atoms with van der Waals surface area (Å²) < 4.78 is 0. The van der Waals surface area contributed by atoms with E-state index in [1.165, 1.54) is 25.7 Å². The molecular formula is C17H26N2O. The zero-order chi connectivity index (χ0) is 14.4. The Hall–Kier alpha value is -1.35. The van der Waals surface area contributed by atoms with E-state index in [-0.39, 0.29) is 5.91 Å². The molecule has 0 radical (unpaired) electrons. The third kappa shape index (κ3) is 4.34. The van der Waals surface area contributed by atoms with Crippen LogP contribution in [0, 0.1) is 11.8 Å². The van der Waals surface area contributed by atoms with Crippen LogP contribution in [0.4, 0.5) is 0 Å². The normalized spacial score (nSPS) is 22.5. The molecule has 2 rings (SSSR count). The van der Waals surface area contributed by atoms with Crippen molar-refractivity contribution in [2.24, 2.45) is 17.6 Å². The van der Waals surface area contributed by atoms with Crippen LogP contribution in [0.5, 0.6) is 0 Å². The Bertz CT molecular complexity index is 427. The van der Waals surface area contributed by atoms with Gasteiger partial charge in [-0.1, -0.05) is 38.3 Å². The number of carbonyl (C=O) groups is 1. The van der Waals surface area contributed by atoms with E-state index < -0.39 is 0 Å². The van der Waals surface area contributed by atoms with E-state index in [0.29, 0.717) is 6.54 Å². The van der Waals surface area contributed by atoms with Crippen molar-refractivity contribution in [1.82, 2.24) is 5.32 Å². The largest absolute Gasteiger partial charge is 0.352 e. The summed E-state index contributed by atoms with van der Waals surface area (Å²) in [5, 5.41) is 3.03. The van der Waals surface area contributed by atoms with Gasteiger partial charge in [-0.05, 0) is 42.4 Å². The molecule has 1 amide bonds. The standard InChI is InChI=1S/C17H26N2O/c1-13-3-2-4-14(11-13)9-10-19-17(20)16-7-5-15(12-18)6-8-16/h5-8,13-14H,2-4,9-12,18H2,1H3,(H,19,20). The lowest BCUT2D eigenvalue weighted by molar-refractivity contribution is 0.0949. The molecule has 1 aliphatic carbocycles. The maximum atomic E-state index is 12.0. The van der Waals surface area contributed by atoms with Crippen LogP contribution in [-0.2, 0) is 6.54 Å². The number of amides is 1. The second-order valence-corrected chi connectivity index (χ2v) is 6.08. The average Bonchev–Trinajstić information content (AvgIpc) is 2.47. The highest BCUT2D eigenvalue weighted by molar-refractivity contribution is 5.94. The Morgan fingerprint density at radius 1 is 1.30 bits per heavy atom. The van der Waals surface area contributed by atoms with Gasteiger partial charge in [-0.25, -0.2) is 0 Å². The number of hydrogen-bond acceptors (Lipinski definition) is 2. The fourth-order valence-electron chi connectivity index (χ4n) is 3.11. The molecule has 0 bridgehead atoms. The van der Waals surface area contributed by atoms with Crippen molar-refractivity contribution in [3.63, 3.8) is 0 Å². The molecule has 1 saturated carbocycles. The monoisotopic (exact) mass is 274 g/mol. The molecule has 2 atom stereocenters. The van der Waals surface area contributed by atoms with Crippen LogP contribution >= 0.6 is 0 Å². The topological polar surface area (TPSA) is 55.1 Å². The average molecular weight is 274 g/mol. The van der Waals surface area contributed by atoms with Crippen LogP contribution in [0.15, 0.2) is 24.3 Å². The van der Waals surface area contributed by atoms with E-state index in [9.17, 15) is 4.79 Å². The second-order valence-electron chi connectivity index (χ2n) is 6.08.